The maximum absolute atomic E-state index is 13.0. The Morgan fingerprint density at radius 1 is 1.08 bits per heavy atom. The number of aliphatic hydroxyl groups excluding tert-OH is 1. The number of hydrogen-bond acceptors (Lipinski definition) is 10. The normalized spacial score (nSPS) is 13.7. The van der Waals surface area contributed by atoms with Gasteiger partial charge in [-0.05, 0) is 73.3 Å². The topological polar surface area (TPSA) is 129 Å². The van der Waals surface area contributed by atoms with Gasteiger partial charge in [-0.15, -0.1) is 0 Å². The van der Waals surface area contributed by atoms with Gasteiger partial charge in [0.25, 0.3) is 5.56 Å². The molecule has 5 rings (SSSR count). The number of rotatable bonds is 6. The summed E-state index contributed by atoms with van der Waals surface area (Å²) in [7, 11) is 0. The van der Waals surface area contributed by atoms with Crippen LogP contribution in [0, 0.1) is 18.3 Å². The van der Waals surface area contributed by atoms with E-state index in [9.17, 15) is 10.1 Å². The largest absolute Gasteiger partial charge is 0.395 e. The second-order valence-corrected chi connectivity index (χ2v) is 10.3. The SMILES string of the molecule is CSn1c2ccccc2c(=O)n1-c1ccc(SN2CCN(c3nc(C)cc(C#N)n3)CC2)cc1.NCCO. The van der Waals surface area contributed by atoms with Gasteiger partial charge in [0.05, 0.1) is 23.2 Å². The molecule has 12 heteroatoms. The lowest BCUT2D eigenvalue weighted by Crippen LogP contribution is -2.44. The number of fused-ring (bicyclic) bond motifs is 1. The number of aromatic nitrogens is 4. The number of para-hydroxylation sites is 1. The van der Waals surface area contributed by atoms with Gasteiger partial charge in [-0.2, -0.15) is 5.26 Å². The summed E-state index contributed by atoms with van der Waals surface area (Å²) in [6, 6.07) is 19.6. The minimum absolute atomic E-state index is 0.0144. The van der Waals surface area contributed by atoms with Crippen LogP contribution in [0.5, 0.6) is 0 Å². The molecule has 3 heterocycles. The Kier molecular flexibility index (Phi) is 9.43. The number of nitriles is 1. The fourth-order valence-electron chi connectivity index (χ4n) is 4.06. The van der Waals surface area contributed by atoms with E-state index in [1.54, 1.807) is 22.7 Å². The molecule has 2 aromatic carbocycles. The highest BCUT2D eigenvalue weighted by molar-refractivity contribution is 7.97. The molecular weight excluding hydrogens is 520 g/mol. The van der Waals surface area contributed by atoms with Crippen LogP contribution in [0.25, 0.3) is 16.6 Å². The van der Waals surface area contributed by atoms with Crippen LogP contribution in [0.4, 0.5) is 5.95 Å². The van der Waals surface area contributed by atoms with E-state index in [0.29, 0.717) is 23.6 Å². The molecule has 0 radical (unpaired) electrons. The van der Waals surface area contributed by atoms with Crippen molar-refractivity contribution in [2.45, 2.75) is 11.8 Å². The minimum atomic E-state index is -0.0144. The molecular formula is C26H30N8O2S2. The van der Waals surface area contributed by atoms with Crippen molar-refractivity contribution in [3.63, 3.8) is 0 Å². The molecule has 2 aromatic heterocycles. The predicted octanol–water partition coefficient (Wildman–Crippen LogP) is 2.66. The Hall–Kier alpha value is -3.34. The highest BCUT2D eigenvalue weighted by Crippen LogP contribution is 2.27. The van der Waals surface area contributed by atoms with E-state index >= 15 is 0 Å². The summed E-state index contributed by atoms with van der Waals surface area (Å²) in [5.41, 5.74) is 7.72. The smallest absolute Gasteiger partial charge is 0.280 e. The molecule has 10 nitrogen and oxygen atoms in total. The number of aryl methyl sites for hydroxylation is 1. The van der Waals surface area contributed by atoms with Crippen molar-refractivity contribution in [3.8, 4) is 11.8 Å². The van der Waals surface area contributed by atoms with Crippen LogP contribution in [-0.4, -0.2) is 73.7 Å². The van der Waals surface area contributed by atoms with Gasteiger partial charge in [0, 0.05) is 49.6 Å². The van der Waals surface area contributed by atoms with Crippen LogP contribution in [-0.2, 0) is 0 Å². The zero-order chi connectivity index (χ0) is 27.1. The van der Waals surface area contributed by atoms with Gasteiger partial charge < -0.3 is 15.7 Å². The summed E-state index contributed by atoms with van der Waals surface area (Å²) in [6.45, 7) is 5.65. The number of hydrogen-bond donors (Lipinski definition) is 2. The molecule has 0 aliphatic carbocycles. The summed E-state index contributed by atoms with van der Waals surface area (Å²) in [4.78, 5) is 25.1. The molecule has 1 saturated heterocycles. The Bertz CT molecular complexity index is 1470. The van der Waals surface area contributed by atoms with Gasteiger partial charge in [-0.1, -0.05) is 12.1 Å². The average Bonchev–Trinajstić information content (AvgIpc) is 3.25. The van der Waals surface area contributed by atoms with Crippen molar-refractivity contribution in [1.82, 2.24) is 23.0 Å². The highest BCUT2D eigenvalue weighted by Gasteiger charge is 2.21. The second-order valence-electron chi connectivity index (χ2n) is 8.41. The first kappa shape index (κ1) is 27.7. The summed E-state index contributed by atoms with van der Waals surface area (Å²) in [5.74, 6) is 0.625. The number of benzene rings is 2. The van der Waals surface area contributed by atoms with E-state index in [1.165, 1.54) is 11.9 Å². The van der Waals surface area contributed by atoms with Gasteiger partial charge in [0.2, 0.25) is 5.95 Å². The fourth-order valence-corrected chi connectivity index (χ4v) is 5.65. The molecule has 1 aliphatic heterocycles. The maximum Gasteiger partial charge on any atom is 0.280 e. The molecule has 198 valence electrons. The summed E-state index contributed by atoms with van der Waals surface area (Å²) in [6.07, 6.45) is 1.97. The molecule has 1 fully saturated rings. The van der Waals surface area contributed by atoms with Crippen LogP contribution in [0.15, 0.2) is 64.3 Å². The molecule has 0 saturated carbocycles. The number of aliphatic hydroxyl groups is 1. The summed E-state index contributed by atoms with van der Waals surface area (Å²) in [5, 5.41) is 17.6. The average molecular weight is 551 g/mol. The van der Waals surface area contributed by atoms with E-state index in [0.717, 1.165) is 48.0 Å². The lowest BCUT2D eigenvalue weighted by atomic mass is 10.2. The second kappa shape index (κ2) is 12.9. The third-order valence-corrected chi connectivity index (χ3v) is 7.62. The predicted molar refractivity (Wildman–Crippen MR) is 154 cm³/mol. The first-order chi connectivity index (χ1) is 18.5. The highest BCUT2D eigenvalue weighted by atomic mass is 32.2. The number of piperazine rings is 1. The number of nitrogens with two attached hydrogens (primary N) is 1. The van der Waals surface area contributed by atoms with Crippen molar-refractivity contribution < 1.29 is 5.11 Å². The van der Waals surface area contributed by atoms with E-state index in [2.05, 4.69) is 37.4 Å². The van der Waals surface area contributed by atoms with Gasteiger partial charge >= 0.3 is 0 Å². The van der Waals surface area contributed by atoms with Crippen LogP contribution < -0.4 is 16.2 Å². The van der Waals surface area contributed by atoms with E-state index in [4.69, 9.17) is 10.8 Å². The molecule has 38 heavy (non-hydrogen) atoms. The lowest BCUT2D eigenvalue weighted by Gasteiger charge is -2.33. The zero-order valence-electron chi connectivity index (χ0n) is 21.3. The summed E-state index contributed by atoms with van der Waals surface area (Å²) >= 11 is 3.22. The molecule has 0 unspecified atom stereocenters. The van der Waals surface area contributed by atoms with E-state index < -0.39 is 0 Å². The van der Waals surface area contributed by atoms with Crippen molar-refractivity contribution in [2.24, 2.45) is 5.73 Å². The molecule has 1 aliphatic rings. The lowest BCUT2D eigenvalue weighted by molar-refractivity contribution is 0.306. The third-order valence-electron chi connectivity index (χ3n) is 5.81. The van der Waals surface area contributed by atoms with E-state index in [-0.39, 0.29) is 12.2 Å². The molecule has 3 N–H and O–H groups in total. The Labute approximate surface area is 229 Å². The molecule has 0 spiro atoms. The fraction of sp³-hybridized carbons (Fsp3) is 0.308. The first-order valence-corrected chi connectivity index (χ1v) is 14.1. The Balaban J connectivity index is 0.000000786. The van der Waals surface area contributed by atoms with Gasteiger partial charge in [-0.25, -0.2) is 23.0 Å². The number of nitrogens with zero attached hydrogens (tertiary/aromatic N) is 7. The first-order valence-electron chi connectivity index (χ1n) is 12.1. The van der Waals surface area contributed by atoms with Crippen molar-refractivity contribution >= 4 is 40.7 Å². The standard InChI is InChI=1S/C24H23N7OS2.C2H7NO/c1-17-15-18(16-25)27-24(26-17)28-11-13-29(14-12-28)34-20-9-7-19(8-10-20)30-23(32)21-5-3-4-6-22(21)31(30)33-2;3-1-2-4/h3-10,15H,11-14H2,1-2H3;4H,1-3H2. The van der Waals surface area contributed by atoms with Crippen LogP contribution in [0.3, 0.4) is 0 Å². The van der Waals surface area contributed by atoms with Gasteiger partial charge in [0.1, 0.15) is 11.8 Å². The van der Waals surface area contributed by atoms with Crippen molar-refractivity contribution in [3.05, 3.63) is 76.3 Å². The van der Waals surface area contributed by atoms with Crippen LogP contribution in [0.1, 0.15) is 11.4 Å². The van der Waals surface area contributed by atoms with Crippen LogP contribution in [0.2, 0.25) is 0 Å². The zero-order valence-corrected chi connectivity index (χ0v) is 23.0. The Morgan fingerprint density at radius 3 is 2.39 bits per heavy atom. The molecule has 4 aromatic rings. The third kappa shape index (κ3) is 6.20. The minimum Gasteiger partial charge on any atom is -0.395 e. The van der Waals surface area contributed by atoms with Gasteiger partial charge in [0.15, 0.2) is 0 Å². The van der Waals surface area contributed by atoms with E-state index in [1.807, 2.05) is 53.7 Å². The quantitative estimate of drug-likeness (QED) is 0.346. The van der Waals surface area contributed by atoms with Crippen LogP contribution >= 0.6 is 23.9 Å². The monoisotopic (exact) mass is 550 g/mol. The summed E-state index contributed by atoms with van der Waals surface area (Å²) < 4.78 is 5.97. The van der Waals surface area contributed by atoms with Crippen molar-refractivity contribution in [2.75, 3.05) is 50.5 Å². The number of anilines is 1. The molecule has 0 bridgehead atoms. The molecule has 0 amide bonds. The van der Waals surface area contributed by atoms with Gasteiger partial charge in [-0.3, -0.25) is 4.79 Å². The van der Waals surface area contributed by atoms with Crippen molar-refractivity contribution in [1.29, 1.82) is 5.26 Å². The molecule has 0 atom stereocenters. The maximum atomic E-state index is 13.0. The Morgan fingerprint density at radius 2 is 1.76 bits per heavy atom.